The van der Waals surface area contributed by atoms with Crippen molar-refractivity contribution >= 4 is 11.8 Å². The first-order valence-corrected chi connectivity index (χ1v) is 8.20. The van der Waals surface area contributed by atoms with Gasteiger partial charge in [-0.1, -0.05) is 24.2 Å². The summed E-state index contributed by atoms with van der Waals surface area (Å²) in [6.45, 7) is 5.53. The second-order valence-electron chi connectivity index (χ2n) is 6.17. The van der Waals surface area contributed by atoms with Crippen molar-refractivity contribution in [2.75, 3.05) is 18.8 Å². The first-order valence-electron chi connectivity index (χ1n) is 8.20. The maximum atomic E-state index is 12.6. The van der Waals surface area contributed by atoms with Crippen LogP contribution in [0.5, 0.6) is 0 Å². The Bertz CT molecular complexity index is 683. The van der Waals surface area contributed by atoms with Crippen LogP contribution in [0.2, 0.25) is 0 Å². The molecule has 1 amide bonds. The van der Waals surface area contributed by atoms with Crippen LogP contribution in [0.1, 0.15) is 52.9 Å². The molecule has 0 saturated carbocycles. The van der Waals surface area contributed by atoms with Gasteiger partial charge in [-0.05, 0) is 43.9 Å². The molecule has 1 aromatic heterocycles. The third-order valence-corrected chi connectivity index (χ3v) is 4.77. The number of carbonyl (C=O) groups excluding carboxylic acids is 1. The molecule has 0 radical (unpaired) electrons. The Morgan fingerprint density at radius 2 is 1.96 bits per heavy atom. The van der Waals surface area contributed by atoms with E-state index in [4.69, 9.17) is 10.3 Å². The molecule has 23 heavy (non-hydrogen) atoms. The van der Waals surface area contributed by atoms with Gasteiger partial charge in [-0.15, -0.1) is 0 Å². The number of benzene rings is 1. The number of aryl methyl sites for hydroxylation is 1. The maximum absolute atomic E-state index is 12.6. The largest absolute Gasteiger partial charge is 0.367 e. The molecule has 0 atom stereocenters. The number of nitrogen functional groups attached to an aromatic ring is 1. The lowest BCUT2D eigenvalue weighted by Gasteiger charge is -2.31. The summed E-state index contributed by atoms with van der Waals surface area (Å²) in [5.41, 5.74) is 9.63. The van der Waals surface area contributed by atoms with E-state index < -0.39 is 0 Å². The molecule has 1 aliphatic heterocycles. The minimum Gasteiger partial charge on any atom is -0.367 e. The fourth-order valence-electron chi connectivity index (χ4n) is 3.16. The summed E-state index contributed by atoms with van der Waals surface area (Å²) in [6.07, 6.45) is 2.78. The number of carbonyl (C=O) groups is 1. The van der Waals surface area contributed by atoms with Crippen molar-refractivity contribution in [1.82, 2.24) is 10.1 Å². The highest BCUT2D eigenvalue weighted by atomic mass is 16.5. The molecule has 1 aromatic carbocycles. The quantitative estimate of drug-likeness (QED) is 0.945. The number of rotatable bonds is 3. The minimum atomic E-state index is 0.113. The number of hydrogen-bond donors (Lipinski definition) is 1. The number of hydrogen-bond acceptors (Lipinski definition) is 4. The first-order chi connectivity index (χ1) is 11.1. The molecular formula is C18H23N3O2. The van der Waals surface area contributed by atoms with Crippen LogP contribution in [0.25, 0.3) is 0 Å². The van der Waals surface area contributed by atoms with Gasteiger partial charge in [0.05, 0.1) is 5.69 Å². The maximum Gasteiger partial charge on any atom is 0.253 e. The molecule has 1 saturated heterocycles. The summed E-state index contributed by atoms with van der Waals surface area (Å²) in [7, 11) is 0. The first kappa shape index (κ1) is 15.6. The summed E-state index contributed by atoms with van der Waals surface area (Å²) < 4.78 is 5.06. The lowest BCUT2D eigenvalue weighted by molar-refractivity contribution is 0.0711. The SMILES string of the molecule is CCc1ccc(C(=O)N2CCC(c3noc(N)c3C)CC2)cc1. The summed E-state index contributed by atoms with van der Waals surface area (Å²) >= 11 is 0. The highest BCUT2D eigenvalue weighted by molar-refractivity contribution is 5.94. The Kier molecular flexibility index (Phi) is 4.37. The predicted octanol–water partition coefficient (Wildman–Crippen LogP) is 3.15. The summed E-state index contributed by atoms with van der Waals surface area (Å²) in [5, 5.41) is 4.08. The molecule has 2 heterocycles. The van der Waals surface area contributed by atoms with Gasteiger partial charge in [-0.25, -0.2) is 0 Å². The van der Waals surface area contributed by atoms with Crippen LogP contribution in [-0.2, 0) is 6.42 Å². The molecule has 0 spiro atoms. The Morgan fingerprint density at radius 1 is 1.30 bits per heavy atom. The van der Waals surface area contributed by atoms with E-state index in [1.807, 2.05) is 36.1 Å². The van der Waals surface area contributed by atoms with Gasteiger partial charge in [-0.2, -0.15) is 0 Å². The normalized spacial score (nSPS) is 15.8. The van der Waals surface area contributed by atoms with Crippen molar-refractivity contribution in [2.24, 2.45) is 0 Å². The Balaban J connectivity index is 1.64. The average Bonchev–Trinajstić information content (AvgIpc) is 2.94. The van der Waals surface area contributed by atoms with E-state index >= 15 is 0 Å². The highest BCUT2D eigenvalue weighted by Gasteiger charge is 2.28. The van der Waals surface area contributed by atoms with Crippen molar-refractivity contribution in [2.45, 2.75) is 39.0 Å². The van der Waals surface area contributed by atoms with E-state index in [9.17, 15) is 4.79 Å². The van der Waals surface area contributed by atoms with E-state index in [1.54, 1.807) is 0 Å². The Morgan fingerprint density at radius 3 is 2.48 bits per heavy atom. The number of nitrogens with zero attached hydrogens (tertiary/aromatic N) is 2. The van der Waals surface area contributed by atoms with E-state index in [-0.39, 0.29) is 5.91 Å². The molecule has 122 valence electrons. The van der Waals surface area contributed by atoms with Gasteiger partial charge in [-0.3, -0.25) is 4.79 Å². The molecule has 0 bridgehead atoms. The molecule has 1 fully saturated rings. The lowest BCUT2D eigenvalue weighted by Crippen LogP contribution is -2.38. The number of piperidine rings is 1. The number of amides is 1. The lowest BCUT2D eigenvalue weighted by atomic mass is 9.91. The van der Waals surface area contributed by atoms with Gasteiger partial charge in [0.15, 0.2) is 0 Å². The van der Waals surface area contributed by atoms with Gasteiger partial charge in [0.1, 0.15) is 0 Å². The van der Waals surface area contributed by atoms with Crippen LogP contribution >= 0.6 is 0 Å². The van der Waals surface area contributed by atoms with Crippen LogP contribution < -0.4 is 5.73 Å². The zero-order valence-corrected chi connectivity index (χ0v) is 13.7. The van der Waals surface area contributed by atoms with Gasteiger partial charge < -0.3 is 15.2 Å². The Hall–Kier alpha value is -2.30. The second kappa shape index (κ2) is 6.44. The molecule has 1 aliphatic rings. The average molecular weight is 313 g/mol. The Labute approximate surface area is 136 Å². The van der Waals surface area contributed by atoms with Gasteiger partial charge in [0, 0.05) is 30.1 Å². The standard InChI is InChI=1S/C18H23N3O2/c1-3-13-4-6-15(7-5-13)18(22)21-10-8-14(9-11-21)16-12(2)17(19)23-20-16/h4-7,14H,3,8-11,19H2,1-2H3. The van der Waals surface area contributed by atoms with Gasteiger partial charge in [0.25, 0.3) is 5.91 Å². The number of nitrogens with two attached hydrogens (primary N) is 1. The van der Waals surface area contributed by atoms with Crippen molar-refractivity contribution in [3.05, 3.63) is 46.6 Å². The van der Waals surface area contributed by atoms with Crippen molar-refractivity contribution in [1.29, 1.82) is 0 Å². The molecule has 5 heteroatoms. The summed E-state index contributed by atoms with van der Waals surface area (Å²) in [4.78, 5) is 14.5. The monoisotopic (exact) mass is 313 g/mol. The van der Waals surface area contributed by atoms with E-state index in [1.165, 1.54) is 5.56 Å². The van der Waals surface area contributed by atoms with Crippen LogP contribution in [0, 0.1) is 6.92 Å². The van der Waals surface area contributed by atoms with E-state index in [0.29, 0.717) is 11.8 Å². The smallest absolute Gasteiger partial charge is 0.253 e. The van der Waals surface area contributed by atoms with Crippen LogP contribution in [-0.4, -0.2) is 29.1 Å². The van der Waals surface area contributed by atoms with Crippen molar-refractivity contribution in [3.8, 4) is 0 Å². The number of aromatic nitrogens is 1. The highest BCUT2D eigenvalue weighted by Crippen LogP contribution is 2.31. The van der Waals surface area contributed by atoms with Gasteiger partial charge in [0.2, 0.25) is 5.88 Å². The fourth-order valence-corrected chi connectivity index (χ4v) is 3.16. The molecule has 2 aromatic rings. The van der Waals surface area contributed by atoms with Gasteiger partial charge >= 0.3 is 0 Å². The number of anilines is 1. The minimum absolute atomic E-state index is 0.113. The molecule has 2 N–H and O–H groups in total. The molecule has 5 nitrogen and oxygen atoms in total. The molecular weight excluding hydrogens is 290 g/mol. The van der Waals surface area contributed by atoms with E-state index in [0.717, 1.165) is 49.2 Å². The van der Waals surface area contributed by atoms with Crippen LogP contribution in [0.4, 0.5) is 5.88 Å². The van der Waals surface area contributed by atoms with Crippen LogP contribution in [0.3, 0.4) is 0 Å². The third kappa shape index (κ3) is 3.09. The zero-order valence-electron chi connectivity index (χ0n) is 13.7. The molecule has 0 aliphatic carbocycles. The molecule has 3 rings (SSSR count). The number of likely N-dealkylation sites (tertiary alicyclic amines) is 1. The fraction of sp³-hybridized carbons (Fsp3) is 0.444. The molecule has 0 unspecified atom stereocenters. The topological polar surface area (TPSA) is 72.4 Å². The second-order valence-corrected chi connectivity index (χ2v) is 6.17. The summed E-state index contributed by atoms with van der Waals surface area (Å²) in [5.74, 6) is 0.833. The van der Waals surface area contributed by atoms with Crippen molar-refractivity contribution in [3.63, 3.8) is 0 Å². The van der Waals surface area contributed by atoms with Crippen molar-refractivity contribution < 1.29 is 9.32 Å². The summed E-state index contributed by atoms with van der Waals surface area (Å²) in [6, 6.07) is 7.91. The van der Waals surface area contributed by atoms with E-state index in [2.05, 4.69) is 12.1 Å². The predicted molar refractivity (Wildman–Crippen MR) is 89.4 cm³/mol. The third-order valence-electron chi connectivity index (χ3n) is 4.77. The van der Waals surface area contributed by atoms with Crippen LogP contribution in [0.15, 0.2) is 28.8 Å². The zero-order chi connectivity index (χ0) is 16.4.